The number of hydrogen-bond acceptors (Lipinski definition) is 0. The molecule has 0 aliphatic carbocycles. The molecule has 0 atom stereocenters. The third kappa shape index (κ3) is 3.87. The highest BCUT2D eigenvalue weighted by molar-refractivity contribution is 6.11. The first-order chi connectivity index (χ1) is 3.81. The fourth-order valence-electron chi connectivity index (χ4n) is 0.568. The Morgan fingerprint density at radius 1 is 1.25 bits per heavy atom. The van der Waals surface area contributed by atoms with Gasteiger partial charge in [0.25, 0.3) is 0 Å². The third-order valence-electron chi connectivity index (χ3n) is 1.00. The Morgan fingerprint density at radius 3 is 1.88 bits per heavy atom. The van der Waals surface area contributed by atoms with Crippen molar-refractivity contribution in [3.8, 4) is 0 Å². The molecule has 0 N–H and O–H groups in total. The predicted molar refractivity (Wildman–Crippen MR) is 41.9 cm³/mol. The van der Waals surface area contributed by atoms with E-state index >= 15 is 0 Å². The van der Waals surface area contributed by atoms with Crippen LogP contribution in [0.5, 0.6) is 0 Å². The summed E-state index contributed by atoms with van der Waals surface area (Å²) in [6.45, 7) is 7.31. The maximum absolute atomic E-state index is 3.65. The lowest BCUT2D eigenvalue weighted by Crippen LogP contribution is -1.86. The average Bonchev–Trinajstić information content (AvgIpc) is 1.68. The van der Waals surface area contributed by atoms with Crippen LogP contribution in [0.4, 0.5) is 0 Å². The van der Waals surface area contributed by atoms with E-state index in [1.165, 1.54) is 0 Å². The zero-order chi connectivity index (χ0) is 6.41. The molecule has 1 heteroatoms. The van der Waals surface area contributed by atoms with Gasteiger partial charge in [-0.1, -0.05) is 12.2 Å². The number of rotatable bonds is 4. The van der Waals surface area contributed by atoms with Gasteiger partial charge in [0.1, 0.15) is 0 Å². The van der Waals surface area contributed by atoms with Crippen LogP contribution in [-0.4, -0.2) is 10.2 Å². The summed E-state index contributed by atoms with van der Waals surface area (Å²) in [5.41, 5.74) is 0.755. The molecule has 0 aromatic rings. The Hall–Kier alpha value is -0.303. The van der Waals surface area contributed by atoms with E-state index in [1.54, 1.807) is 0 Å². The maximum atomic E-state index is 3.65. The van der Waals surface area contributed by atoms with Crippen molar-refractivity contribution >= 4 is 10.2 Å². The summed E-state index contributed by atoms with van der Waals surface area (Å²) in [4.78, 5) is 0. The van der Waals surface area contributed by atoms with Gasteiger partial charge in [0, 0.05) is 10.2 Å². The van der Waals surface area contributed by atoms with Crippen LogP contribution in [0.2, 0.25) is 5.54 Å². The Labute approximate surface area is 54.7 Å². The molecule has 0 aromatic heterocycles. The second kappa shape index (κ2) is 4.85. The molecule has 0 aliphatic heterocycles. The second-order valence-electron chi connectivity index (χ2n) is 1.91. The molecule has 0 aromatic carbocycles. The van der Waals surface area contributed by atoms with Crippen LogP contribution in [-0.2, 0) is 0 Å². The Kier molecular flexibility index (Phi) is 4.66. The zero-order valence-corrected chi connectivity index (χ0v) is 6.68. The van der Waals surface area contributed by atoms with Gasteiger partial charge in [0.05, 0.1) is 0 Å². The minimum absolute atomic E-state index is 0.755. The van der Waals surface area contributed by atoms with Crippen molar-refractivity contribution in [1.29, 1.82) is 0 Å². The highest BCUT2D eigenvalue weighted by atomic mass is 28.1. The summed E-state index contributed by atoms with van der Waals surface area (Å²) in [7, 11) is 2.01. The smallest absolute Gasteiger partial charge is 0.0129 e. The van der Waals surface area contributed by atoms with Crippen LogP contribution >= 0.6 is 0 Å². The van der Waals surface area contributed by atoms with Crippen LogP contribution in [0.15, 0.2) is 25.3 Å². The first-order valence-corrected chi connectivity index (χ1v) is 3.67. The SMILES string of the molecule is C=CCC([SiH2])CC=C. The molecule has 0 nitrogen and oxygen atoms in total. The lowest BCUT2D eigenvalue weighted by Gasteiger charge is -2.01. The molecule has 0 saturated heterocycles. The molecule has 0 amide bonds. The topological polar surface area (TPSA) is 0 Å². The van der Waals surface area contributed by atoms with Gasteiger partial charge >= 0.3 is 0 Å². The molecule has 0 saturated carbocycles. The molecular formula is C7H13Si. The van der Waals surface area contributed by atoms with Crippen molar-refractivity contribution in [2.75, 3.05) is 0 Å². The van der Waals surface area contributed by atoms with Crippen molar-refractivity contribution in [2.24, 2.45) is 0 Å². The van der Waals surface area contributed by atoms with Crippen LogP contribution in [0.25, 0.3) is 0 Å². The van der Waals surface area contributed by atoms with E-state index < -0.39 is 0 Å². The Balaban J connectivity index is 3.16. The molecule has 0 spiro atoms. The van der Waals surface area contributed by atoms with E-state index in [1.807, 2.05) is 22.4 Å². The fourth-order valence-corrected chi connectivity index (χ4v) is 1.04. The summed E-state index contributed by atoms with van der Waals surface area (Å²) in [5, 5.41) is 0. The van der Waals surface area contributed by atoms with Gasteiger partial charge in [0.15, 0.2) is 0 Å². The minimum Gasteiger partial charge on any atom is -0.103 e. The van der Waals surface area contributed by atoms with E-state index in [9.17, 15) is 0 Å². The molecule has 8 heavy (non-hydrogen) atoms. The molecule has 1 radical (unpaired) electrons. The molecule has 0 heterocycles. The standard InChI is InChI=1S/C7H13Si/c1-3-5-7(8)6-4-2/h3-4,7H,1-2,5-6,8H2. The maximum Gasteiger partial charge on any atom is 0.0129 e. The Bertz CT molecular complexity index is 66.5. The average molecular weight is 125 g/mol. The monoisotopic (exact) mass is 125 g/mol. The molecule has 0 aliphatic rings. The third-order valence-corrected chi connectivity index (χ3v) is 1.67. The first kappa shape index (κ1) is 7.70. The highest BCUT2D eigenvalue weighted by Crippen LogP contribution is 2.10. The molecule has 0 bridgehead atoms. The largest absolute Gasteiger partial charge is 0.103 e. The van der Waals surface area contributed by atoms with Crippen molar-refractivity contribution < 1.29 is 0 Å². The van der Waals surface area contributed by atoms with Gasteiger partial charge in [-0.15, -0.1) is 13.2 Å². The number of hydrogen-bond donors (Lipinski definition) is 0. The molecule has 0 rings (SSSR count). The molecule has 0 unspecified atom stereocenters. The van der Waals surface area contributed by atoms with E-state index in [0.29, 0.717) is 0 Å². The highest BCUT2D eigenvalue weighted by Gasteiger charge is 1.92. The number of allylic oxidation sites excluding steroid dienone is 2. The summed E-state index contributed by atoms with van der Waals surface area (Å²) in [5.74, 6) is 0. The van der Waals surface area contributed by atoms with Crippen molar-refractivity contribution in [3.05, 3.63) is 25.3 Å². The Morgan fingerprint density at radius 2 is 1.62 bits per heavy atom. The lowest BCUT2D eigenvalue weighted by atomic mass is 10.2. The fraction of sp³-hybridized carbons (Fsp3) is 0.429. The van der Waals surface area contributed by atoms with Crippen molar-refractivity contribution in [2.45, 2.75) is 18.4 Å². The van der Waals surface area contributed by atoms with E-state index in [0.717, 1.165) is 18.4 Å². The van der Waals surface area contributed by atoms with Crippen molar-refractivity contribution in [1.82, 2.24) is 0 Å². The molecule has 45 valence electrons. The van der Waals surface area contributed by atoms with E-state index in [-0.39, 0.29) is 0 Å². The van der Waals surface area contributed by atoms with Crippen LogP contribution in [0.1, 0.15) is 12.8 Å². The summed E-state index contributed by atoms with van der Waals surface area (Å²) in [6.07, 6.45) is 6.15. The second-order valence-corrected chi connectivity index (χ2v) is 3.07. The zero-order valence-electron chi connectivity index (χ0n) is 5.27. The molecule has 0 fully saturated rings. The van der Waals surface area contributed by atoms with E-state index in [2.05, 4.69) is 13.2 Å². The summed E-state index contributed by atoms with van der Waals surface area (Å²) >= 11 is 0. The quantitative estimate of drug-likeness (QED) is 0.395. The molecular weight excluding hydrogens is 112 g/mol. The van der Waals surface area contributed by atoms with Crippen LogP contribution in [0.3, 0.4) is 0 Å². The van der Waals surface area contributed by atoms with Gasteiger partial charge in [-0.05, 0) is 18.4 Å². The predicted octanol–water partition coefficient (Wildman–Crippen LogP) is 1.56. The normalized spacial score (nSPS) is 9.25. The summed E-state index contributed by atoms with van der Waals surface area (Å²) < 4.78 is 0. The lowest BCUT2D eigenvalue weighted by molar-refractivity contribution is 0.866. The van der Waals surface area contributed by atoms with Crippen molar-refractivity contribution in [3.63, 3.8) is 0 Å². The first-order valence-electron chi connectivity index (χ1n) is 2.86. The van der Waals surface area contributed by atoms with Gasteiger partial charge in [0.2, 0.25) is 0 Å². The van der Waals surface area contributed by atoms with Crippen LogP contribution < -0.4 is 0 Å². The minimum atomic E-state index is 0.755. The van der Waals surface area contributed by atoms with Gasteiger partial charge in [-0.25, -0.2) is 0 Å². The van der Waals surface area contributed by atoms with Crippen LogP contribution in [0, 0.1) is 0 Å². The summed E-state index contributed by atoms with van der Waals surface area (Å²) in [6, 6.07) is 0. The van der Waals surface area contributed by atoms with Gasteiger partial charge < -0.3 is 0 Å². The van der Waals surface area contributed by atoms with Gasteiger partial charge in [-0.3, -0.25) is 0 Å². The van der Waals surface area contributed by atoms with Gasteiger partial charge in [-0.2, -0.15) is 0 Å². The van der Waals surface area contributed by atoms with E-state index in [4.69, 9.17) is 0 Å².